The van der Waals surface area contributed by atoms with E-state index >= 15 is 0 Å². The molecule has 0 amide bonds. The van der Waals surface area contributed by atoms with Crippen LogP contribution < -0.4 is 0 Å². The number of benzene rings is 2. The number of aromatic nitrogens is 3. The van der Waals surface area contributed by atoms with Gasteiger partial charge in [-0.25, -0.2) is 15.0 Å². The molecule has 5 heteroatoms. The van der Waals surface area contributed by atoms with Crippen molar-refractivity contribution in [1.29, 1.82) is 0 Å². The first-order chi connectivity index (χ1) is 11.8. The minimum Gasteiger partial charge on any atom is -0.440 e. The molecule has 0 aliphatic rings. The minimum absolute atomic E-state index is 0.604. The van der Waals surface area contributed by atoms with Crippen molar-refractivity contribution in [2.45, 2.75) is 17.8 Å². The smallest absolute Gasteiger partial charge is 0.205 e. The fourth-order valence-electron chi connectivity index (χ4n) is 2.47. The summed E-state index contributed by atoms with van der Waals surface area (Å²) in [6.07, 6.45) is 0. The van der Waals surface area contributed by atoms with Gasteiger partial charge in [0.15, 0.2) is 10.7 Å². The van der Waals surface area contributed by atoms with Crippen molar-refractivity contribution in [2.75, 3.05) is 0 Å². The van der Waals surface area contributed by atoms with Gasteiger partial charge in [0.25, 0.3) is 0 Å². The van der Waals surface area contributed by atoms with Gasteiger partial charge in [0.2, 0.25) is 5.89 Å². The van der Waals surface area contributed by atoms with E-state index in [9.17, 15) is 0 Å². The molecule has 0 saturated heterocycles. The van der Waals surface area contributed by atoms with Gasteiger partial charge in [-0.05, 0) is 25.1 Å². The molecule has 0 radical (unpaired) electrons. The molecule has 0 spiro atoms. The van der Waals surface area contributed by atoms with Crippen molar-refractivity contribution in [2.24, 2.45) is 0 Å². The molecule has 24 heavy (non-hydrogen) atoms. The van der Waals surface area contributed by atoms with E-state index < -0.39 is 0 Å². The predicted molar refractivity (Wildman–Crippen MR) is 95.8 cm³/mol. The van der Waals surface area contributed by atoms with Crippen LogP contribution in [0.15, 0.2) is 70.2 Å². The summed E-state index contributed by atoms with van der Waals surface area (Å²) in [5.74, 6) is 1.29. The zero-order valence-electron chi connectivity index (χ0n) is 13.1. The summed E-state index contributed by atoms with van der Waals surface area (Å²) in [6, 6.07) is 19.9. The molecule has 4 rings (SSSR count). The Morgan fingerprint density at radius 3 is 2.54 bits per heavy atom. The summed E-state index contributed by atoms with van der Waals surface area (Å²) in [5, 5.41) is 0.733. The average Bonchev–Trinajstić information content (AvgIpc) is 3.03. The first-order valence-corrected chi connectivity index (χ1v) is 8.65. The zero-order valence-corrected chi connectivity index (χ0v) is 14.0. The van der Waals surface area contributed by atoms with Gasteiger partial charge in [0.05, 0.1) is 11.4 Å². The molecule has 0 saturated carbocycles. The van der Waals surface area contributed by atoms with Crippen LogP contribution in [-0.4, -0.2) is 15.0 Å². The standard InChI is InChI=1S/C19H15N3OS/c1-13-11-16(14-7-3-2-4-8-14)22-19(20-13)24-12-18-21-15-9-5-6-10-17(15)23-18/h2-11H,12H2,1H3. The molecule has 4 aromatic rings. The molecular formula is C19H15N3OS. The number of hydrogen-bond donors (Lipinski definition) is 0. The molecule has 0 aliphatic carbocycles. The molecule has 0 aliphatic heterocycles. The van der Waals surface area contributed by atoms with Crippen LogP contribution >= 0.6 is 11.8 Å². The number of aryl methyl sites for hydroxylation is 1. The van der Waals surface area contributed by atoms with Crippen molar-refractivity contribution >= 4 is 22.9 Å². The second kappa shape index (κ2) is 6.45. The van der Waals surface area contributed by atoms with Crippen LogP contribution in [0.2, 0.25) is 0 Å². The Labute approximate surface area is 144 Å². The molecule has 0 bridgehead atoms. The first-order valence-electron chi connectivity index (χ1n) is 7.66. The maximum atomic E-state index is 5.75. The summed E-state index contributed by atoms with van der Waals surface area (Å²) >= 11 is 1.53. The average molecular weight is 333 g/mol. The Hall–Kier alpha value is -2.66. The molecule has 118 valence electrons. The molecule has 0 atom stereocenters. The quantitative estimate of drug-likeness (QED) is 0.393. The van der Waals surface area contributed by atoms with Crippen LogP contribution in [-0.2, 0) is 5.75 Å². The second-order valence-electron chi connectivity index (χ2n) is 5.41. The van der Waals surface area contributed by atoms with Gasteiger partial charge in [-0.1, -0.05) is 54.2 Å². The van der Waals surface area contributed by atoms with E-state index in [2.05, 4.69) is 27.1 Å². The molecule has 0 unspecified atom stereocenters. The van der Waals surface area contributed by atoms with Crippen molar-refractivity contribution in [3.63, 3.8) is 0 Å². The molecule has 0 fully saturated rings. The lowest BCUT2D eigenvalue weighted by Crippen LogP contribution is -1.94. The van der Waals surface area contributed by atoms with Crippen LogP contribution in [0.1, 0.15) is 11.6 Å². The van der Waals surface area contributed by atoms with Crippen molar-refractivity contribution in [3.8, 4) is 11.3 Å². The van der Waals surface area contributed by atoms with E-state index in [1.807, 2.05) is 55.5 Å². The summed E-state index contributed by atoms with van der Waals surface area (Å²) in [5.41, 5.74) is 4.66. The fourth-order valence-corrected chi connectivity index (χ4v) is 3.22. The number of hydrogen-bond acceptors (Lipinski definition) is 5. The van der Waals surface area contributed by atoms with Crippen LogP contribution in [0.4, 0.5) is 0 Å². The van der Waals surface area contributed by atoms with Crippen LogP contribution in [0.25, 0.3) is 22.4 Å². The maximum absolute atomic E-state index is 5.75. The third kappa shape index (κ3) is 3.16. The highest BCUT2D eigenvalue weighted by atomic mass is 32.2. The molecule has 2 aromatic heterocycles. The number of para-hydroxylation sites is 2. The lowest BCUT2D eigenvalue weighted by atomic mass is 10.1. The topological polar surface area (TPSA) is 51.8 Å². The van der Waals surface area contributed by atoms with E-state index in [1.165, 1.54) is 11.8 Å². The summed E-state index contributed by atoms with van der Waals surface area (Å²) < 4.78 is 5.75. The van der Waals surface area contributed by atoms with Crippen molar-refractivity contribution < 1.29 is 4.42 Å². The van der Waals surface area contributed by atoms with Crippen LogP contribution in [0.3, 0.4) is 0 Å². The van der Waals surface area contributed by atoms with Gasteiger partial charge in [0, 0.05) is 11.3 Å². The SMILES string of the molecule is Cc1cc(-c2ccccc2)nc(SCc2nc3ccccc3o2)n1. The highest BCUT2D eigenvalue weighted by Crippen LogP contribution is 2.25. The fraction of sp³-hybridized carbons (Fsp3) is 0.105. The van der Waals surface area contributed by atoms with Gasteiger partial charge >= 0.3 is 0 Å². The van der Waals surface area contributed by atoms with E-state index in [0.29, 0.717) is 11.6 Å². The van der Waals surface area contributed by atoms with Gasteiger partial charge < -0.3 is 4.42 Å². The predicted octanol–water partition coefficient (Wildman–Crippen LogP) is 4.89. The highest BCUT2D eigenvalue weighted by molar-refractivity contribution is 7.98. The monoisotopic (exact) mass is 333 g/mol. The molecular weight excluding hydrogens is 318 g/mol. The van der Waals surface area contributed by atoms with Crippen LogP contribution in [0.5, 0.6) is 0 Å². The Morgan fingerprint density at radius 1 is 0.917 bits per heavy atom. The van der Waals surface area contributed by atoms with Crippen LogP contribution in [0, 0.1) is 6.92 Å². The molecule has 0 N–H and O–H groups in total. The van der Waals surface area contributed by atoms with E-state index in [-0.39, 0.29) is 0 Å². The number of thioether (sulfide) groups is 1. The van der Waals surface area contributed by atoms with Gasteiger partial charge in [-0.3, -0.25) is 0 Å². The van der Waals surface area contributed by atoms with E-state index in [1.54, 1.807) is 0 Å². The lowest BCUT2D eigenvalue weighted by Gasteiger charge is -2.05. The van der Waals surface area contributed by atoms with Gasteiger partial charge in [-0.2, -0.15) is 0 Å². The molecule has 2 aromatic carbocycles. The highest BCUT2D eigenvalue weighted by Gasteiger charge is 2.09. The Morgan fingerprint density at radius 2 is 1.71 bits per heavy atom. The summed E-state index contributed by atoms with van der Waals surface area (Å²) in [4.78, 5) is 13.7. The normalized spacial score (nSPS) is 11.0. The van der Waals surface area contributed by atoms with Crippen molar-refractivity contribution in [3.05, 3.63) is 72.2 Å². The number of fused-ring (bicyclic) bond motifs is 1. The number of oxazole rings is 1. The van der Waals surface area contributed by atoms with E-state index in [4.69, 9.17) is 4.42 Å². The minimum atomic E-state index is 0.604. The third-order valence-corrected chi connectivity index (χ3v) is 4.40. The molecule has 2 heterocycles. The Balaban J connectivity index is 1.57. The summed E-state index contributed by atoms with van der Waals surface area (Å²) in [7, 11) is 0. The largest absolute Gasteiger partial charge is 0.440 e. The van der Waals surface area contributed by atoms with Gasteiger partial charge in [0.1, 0.15) is 5.52 Å². The molecule has 4 nitrogen and oxygen atoms in total. The second-order valence-corrected chi connectivity index (χ2v) is 6.35. The number of rotatable bonds is 4. The Bertz CT molecular complexity index is 949. The van der Waals surface area contributed by atoms with Gasteiger partial charge in [-0.15, -0.1) is 0 Å². The zero-order chi connectivity index (χ0) is 16.4. The third-order valence-electron chi connectivity index (χ3n) is 3.57. The lowest BCUT2D eigenvalue weighted by molar-refractivity contribution is 0.556. The Kier molecular flexibility index (Phi) is 4.01. The van der Waals surface area contributed by atoms with Crippen molar-refractivity contribution in [1.82, 2.24) is 15.0 Å². The van der Waals surface area contributed by atoms with E-state index in [0.717, 1.165) is 33.2 Å². The number of nitrogens with zero attached hydrogens (tertiary/aromatic N) is 3. The maximum Gasteiger partial charge on any atom is 0.205 e. The first kappa shape index (κ1) is 14.9. The summed E-state index contributed by atoms with van der Waals surface area (Å²) in [6.45, 7) is 1.98.